The minimum atomic E-state index is 0.396. The Kier molecular flexibility index (Phi) is 3.62. The zero-order valence-corrected chi connectivity index (χ0v) is 11.0. The van der Waals surface area contributed by atoms with Crippen LogP contribution < -0.4 is 5.32 Å². The predicted molar refractivity (Wildman–Crippen MR) is 71.4 cm³/mol. The summed E-state index contributed by atoms with van der Waals surface area (Å²) in [6, 6.07) is 11.0. The van der Waals surface area contributed by atoms with E-state index in [0.29, 0.717) is 10.7 Å². The molecule has 0 saturated carbocycles. The molecule has 1 N–H and O–H groups in total. The smallest absolute Gasteiger partial charge is 0.140 e. The third-order valence-electron chi connectivity index (χ3n) is 2.09. The highest BCUT2D eigenvalue weighted by Crippen LogP contribution is 2.27. The minimum Gasteiger partial charge on any atom is -0.354 e. The highest BCUT2D eigenvalue weighted by Gasteiger charge is 2.00. The van der Waals surface area contributed by atoms with Crippen LogP contribution in [0.25, 0.3) is 0 Å². The van der Waals surface area contributed by atoms with Crippen LogP contribution in [-0.2, 0) is 0 Å². The number of anilines is 2. The molecule has 84 valence electrons. The lowest BCUT2D eigenvalue weighted by Gasteiger charge is -2.06. The van der Waals surface area contributed by atoms with Crippen LogP contribution in [0.3, 0.4) is 0 Å². The van der Waals surface area contributed by atoms with Gasteiger partial charge in [-0.25, -0.2) is 4.98 Å². The summed E-state index contributed by atoms with van der Waals surface area (Å²) in [6.45, 7) is 0. The number of aromatic nitrogens is 1. The van der Waals surface area contributed by atoms with Gasteiger partial charge in [0, 0.05) is 10.2 Å². The quantitative estimate of drug-likeness (QED) is 0.908. The molecule has 0 aliphatic carbocycles. The molecule has 3 nitrogen and oxygen atoms in total. The molecule has 0 saturated heterocycles. The molecule has 0 amide bonds. The molecule has 0 atom stereocenters. The second kappa shape index (κ2) is 5.17. The number of benzene rings is 1. The summed E-state index contributed by atoms with van der Waals surface area (Å²) in [5, 5.41) is 12.5. The van der Waals surface area contributed by atoms with Crippen LogP contribution in [0.1, 0.15) is 5.69 Å². The van der Waals surface area contributed by atoms with Crippen LogP contribution in [0.15, 0.2) is 41.0 Å². The van der Waals surface area contributed by atoms with Crippen molar-refractivity contribution >= 4 is 38.9 Å². The standard InChI is InChI=1S/C12H7BrClN3/c13-11-5-8(3-4-12(11)14)17-10-2-1-9(6-15)16-7-10/h1-5,7,17H. The van der Waals surface area contributed by atoms with Crippen molar-refractivity contribution in [2.75, 3.05) is 5.32 Å². The highest BCUT2D eigenvalue weighted by atomic mass is 79.9. The summed E-state index contributed by atoms with van der Waals surface area (Å²) in [6.07, 6.45) is 1.61. The number of hydrogen-bond donors (Lipinski definition) is 1. The normalized spacial score (nSPS) is 9.71. The van der Waals surface area contributed by atoms with E-state index in [-0.39, 0.29) is 0 Å². The largest absolute Gasteiger partial charge is 0.354 e. The topological polar surface area (TPSA) is 48.7 Å². The zero-order chi connectivity index (χ0) is 12.3. The van der Waals surface area contributed by atoms with Crippen molar-refractivity contribution in [3.05, 3.63) is 51.7 Å². The first-order chi connectivity index (χ1) is 8.19. The summed E-state index contributed by atoms with van der Waals surface area (Å²) in [5.74, 6) is 0. The van der Waals surface area contributed by atoms with Gasteiger partial charge in [0.05, 0.1) is 16.9 Å². The summed E-state index contributed by atoms with van der Waals surface area (Å²) in [5.41, 5.74) is 2.11. The van der Waals surface area contributed by atoms with Crippen molar-refractivity contribution in [2.24, 2.45) is 0 Å². The molecule has 0 aliphatic rings. The van der Waals surface area contributed by atoms with E-state index >= 15 is 0 Å². The third kappa shape index (κ3) is 2.96. The first-order valence-electron chi connectivity index (χ1n) is 4.77. The molecule has 2 rings (SSSR count). The first kappa shape index (κ1) is 11.9. The lowest BCUT2D eigenvalue weighted by Crippen LogP contribution is -1.92. The Morgan fingerprint density at radius 1 is 1.24 bits per heavy atom. The summed E-state index contributed by atoms with van der Waals surface area (Å²) < 4.78 is 0.825. The molecular formula is C12H7BrClN3. The molecule has 1 aromatic carbocycles. The maximum Gasteiger partial charge on any atom is 0.140 e. The summed E-state index contributed by atoms with van der Waals surface area (Å²) >= 11 is 9.25. The van der Waals surface area contributed by atoms with E-state index in [2.05, 4.69) is 26.2 Å². The van der Waals surface area contributed by atoms with Gasteiger partial charge in [-0.3, -0.25) is 0 Å². The maximum absolute atomic E-state index is 8.63. The molecule has 2 aromatic rings. The van der Waals surface area contributed by atoms with Crippen LogP contribution in [0, 0.1) is 11.3 Å². The van der Waals surface area contributed by atoms with Crippen molar-refractivity contribution < 1.29 is 0 Å². The number of pyridine rings is 1. The number of hydrogen-bond acceptors (Lipinski definition) is 3. The van der Waals surface area contributed by atoms with Crippen LogP contribution >= 0.6 is 27.5 Å². The fourth-order valence-corrected chi connectivity index (χ4v) is 1.77. The van der Waals surface area contributed by atoms with E-state index in [9.17, 15) is 0 Å². The monoisotopic (exact) mass is 307 g/mol. The fourth-order valence-electron chi connectivity index (χ4n) is 1.27. The van der Waals surface area contributed by atoms with Crippen molar-refractivity contribution in [2.45, 2.75) is 0 Å². The van der Waals surface area contributed by atoms with Crippen molar-refractivity contribution in [1.82, 2.24) is 4.98 Å². The molecule has 1 aromatic heterocycles. The van der Waals surface area contributed by atoms with Gasteiger partial charge in [0.15, 0.2) is 0 Å². The average molecular weight is 309 g/mol. The maximum atomic E-state index is 8.63. The van der Waals surface area contributed by atoms with Crippen LogP contribution in [0.2, 0.25) is 5.02 Å². The Morgan fingerprint density at radius 2 is 2.00 bits per heavy atom. The van der Waals surface area contributed by atoms with E-state index in [1.807, 2.05) is 18.2 Å². The van der Waals surface area contributed by atoms with Gasteiger partial charge in [0.1, 0.15) is 11.8 Å². The second-order valence-electron chi connectivity index (χ2n) is 3.30. The Morgan fingerprint density at radius 3 is 2.59 bits per heavy atom. The van der Waals surface area contributed by atoms with Crippen LogP contribution in [0.5, 0.6) is 0 Å². The van der Waals surface area contributed by atoms with Gasteiger partial charge in [-0.1, -0.05) is 11.6 Å². The highest BCUT2D eigenvalue weighted by molar-refractivity contribution is 9.10. The number of nitrogens with one attached hydrogen (secondary N) is 1. The van der Waals surface area contributed by atoms with Crippen molar-refractivity contribution in [1.29, 1.82) is 5.26 Å². The van der Waals surface area contributed by atoms with E-state index in [4.69, 9.17) is 16.9 Å². The Labute approximate surface area is 112 Å². The van der Waals surface area contributed by atoms with Gasteiger partial charge >= 0.3 is 0 Å². The predicted octanol–water partition coefficient (Wildman–Crippen LogP) is 4.11. The molecule has 0 spiro atoms. The summed E-state index contributed by atoms with van der Waals surface area (Å²) in [7, 11) is 0. The fraction of sp³-hybridized carbons (Fsp3) is 0. The molecule has 17 heavy (non-hydrogen) atoms. The Balaban J connectivity index is 2.20. The number of halogens is 2. The lowest BCUT2D eigenvalue weighted by atomic mass is 10.3. The lowest BCUT2D eigenvalue weighted by molar-refractivity contribution is 1.26. The minimum absolute atomic E-state index is 0.396. The summed E-state index contributed by atoms with van der Waals surface area (Å²) in [4.78, 5) is 3.97. The third-order valence-corrected chi connectivity index (χ3v) is 3.30. The van der Waals surface area contributed by atoms with Crippen LogP contribution in [0.4, 0.5) is 11.4 Å². The molecule has 0 aliphatic heterocycles. The SMILES string of the molecule is N#Cc1ccc(Nc2ccc(Cl)c(Br)c2)cn1. The molecule has 0 radical (unpaired) electrons. The van der Waals surface area contributed by atoms with E-state index in [1.165, 1.54) is 0 Å². The molecule has 0 fully saturated rings. The van der Waals surface area contributed by atoms with E-state index in [1.54, 1.807) is 24.4 Å². The van der Waals surface area contributed by atoms with Crippen molar-refractivity contribution in [3.63, 3.8) is 0 Å². The van der Waals surface area contributed by atoms with Gasteiger partial charge in [-0.05, 0) is 46.3 Å². The molecular weight excluding hydrogens is 302 g/mol. The van der Waals surface area contributed by atoms with Gasteiger partial charge < -0.3 is 5.32 Å². The molecule has 0 unspecified atom stereocenters. The molecule has 0 bridgehead atoms. The van der Waals surface area contributed by atoms with E-state index < -0.39 is 0 Å². The number of nitrogens with zero attached hydrogens (tertiary/aromatic N) is 2. The second-order valence-corrected chi connectivity index (χ2v) is 4.56. The number of rotatable bonds is 2. The Hall–Kier alpha value is -1.57. The van der Waals surface area contributed by atoms with Gasteiger partial charge in [0.2, 0.25) is 0 Å². The average Bonchev–Trinajstić information content (AvgIpc) is 2.35. The first-order valence-corrected chi connectivity index (χ1v) is 5.94. The molecule has 5 heteroatoms. The Bertz CT molecular complexity index is 575. The zero-order valence-electron chi connectivity index (χ0n) is 8.61. The van der Waals surface area contributed by atoms with E-state index in [0.717, 1.165) is 15.8 Å². The van der Waals surface area contributed by atoms with Crippen molar-refractivity contribution in [3.8, 4) is 6.07 Å². The van der Waals surface area contributed by atoms with Gasteiger partial charge in [-0.2, -0.15) is 5.26 Å². The molecule has 1 heterocycles. The van der Waals surface area contributed by atoms with Crippen LogP contribution in [-0.4, -0.2) is 4.98 Å². The van der Waals surface area contributed by atoms with Gasteiger partial charge in [0.25, 0.3) is 0 Å². The van der Waals surface area contributed by atoms with Gasteiger partial charge in [-0.15, -0.1) is 0 Å². The number of nitriles is 1.